The summed E-state index contributed by atoms with van der Waals surface area (Å²) in [6, 6.07) is 10.8. The van der Waals surface area contributed by atoms with Crippen LogP contribution in [0.4, 0.5) is 8.78 Å². The summed E-state index contributed by atoms with van der Waals surface area (Å²) in [5.41, 5.74) is 1.47. The van der Waals surface area contributed by atoms with Crippen LogP contribution in [-0.4, -0.2) is 0 Å². The van der Waals surface area contributed by atoms with Crippen LogP contribution in [0.5, 0.6) is 0 Å². The van der Waals surface area contributed by atoms with E-state index >= 15 is 0 Å². The number of halogens is 2. The Morgan fingerprint density at radius 1 is 1.06 bits per heavy atom. The van der Waals surface area contributed by atoms with Crippen LogP contribution in [0.3, 0.4) is 0 Å². The number of hydrogen-bond donors (Lipinski definition) is 0. The van der Waals surface area contributed by atoms with Crippen molar-refractivity contribution in [1.82, 2.24) is 0 Å². The van der Waals surface area contributed by atoms with Crippen LogP contribution in [0.25, 0.3) is 0 Å². The first kappa shape index (κ1) is 12.6. The van der Waals surface area contributed by atoms with Gasteiger partial charge in [-0.1, -0.05) is 17.8 Å². The quantitative estimate of drug-likeness (QED) is 0.805. The molecule has 0 amide bonds. The predicted octanol–water partition coefficient (Wildman–Crippen LogP) is 4.30. The molecule has 0 atom stereocenters. The molecule has 90 valence electrons. The third-order valence-corrected chi connectivity index (χ3v) is 3.48. The van der Waals surface area contributed by atoms with Crippen LogP contribution < -0.4 is 0 Å². The van der Waals surface area contributed by atoms with Crippen LogP contribution in [0.15, 0.2) is 46.2 Å². The van der Waals surface area contributed by atoms with Crippen molar-refractivity contribution in [2.45, 2.75) is 16.7 Å². The number of benzene rings is 2. The average Bonchev–Trinajstić information content (AvgIpc) is 2.33. The zero-order valence-corrected chi connectivity index (χ0v) is 10.4. The third kappa shape index (κ3) is 2.69. The molecule has 0 saturated carbocycles. The third-order valence-electron chi connectivity index (χ3n) is 2.37. The molecule has 0 saturated heterocycles. The number of hydrogen-bond acceptors (Lipinski definition) is 2. The molecular formula is C14H9F2NS. The highest BCUT2D eigenvalue weighted by Crippen LogP contribution is 2.32. The van der Waals surface area contributed by atoms with Gasteiger partial charge in [-0.15, -0.1) is 0 Å². The van der Waals surface area contributed by atoms with Gasteiger partial charge in [0.25, 0.3) is 0 Å². The molecule has 0 aromatic heterocycles. The lowest BCUT2D eigenvalue weighted by Crippen LogP contribution is -1.87. The Kier molecular flexibility index (Phi) is 3.63. The fourth-order valence-corrected chi connectivity index (χ4v) is 2.48. The molecule has 0 N–H and O–H groups in total. The highest BCUT2D eigenvalue weighted by Gasteiger charge is 2.09. The number of rotatable bonds is 2. The van der Waals surface area contributed by atoms with E-state index in [1.165, 1.54) is 12.1 Å². The van der Waals surface area contributed by atoms with Gasteiger partial charge in [-0.25, -0.2) is 8.78 Å². The van der Waals surface area contributed by atoms with Crippen LogP contribution in [-0.2, 0) is 0 Å². The highest BCUT2D eigenvalue weighted by atomic mass is 32.2. The Labute approximate surface area is 108 Å². The lowest BCUT2D eigenvalue weighted by atomic mass is 10.2. The van der Waals surface area contributed by atoms with Crippen molar-refractivity contribution in [3.8, 4) is 6.07 Å². The topological polar surface area (TPSA) is 23.8 Å². The molecule has 0 spiro atoms. The molecule has 4 heteroatoms. The van der Waals surface area contributed by atoms with Gasteiger partial charge < -0.3 is 0 Å². The number of nitriles is 1. The minimum atomic E-state index is -0.620. The second kappa shape index (κ2) is 5.19. The molecule has 0 heterocycles. The zero-order chi connectivity index (χ0) is 13.1. The molecule has 1 nitrogen and oxygen atoms in total. The summed E-state index contributed by atoms with van der Waals surface area (Å²) in [6.45, 7) is 1.90. The lowest BCUT2D eigenvalue weighted by Gasteiger charge is -2.06. The Hall–Kier alpha value is -1.86. The maximum atomic E-state index is 13.5. The van der Waals surface area contributed by atoms with E-state index in [1.54, 1.807) is 6.07 Å². The summed E-state index contributed by atoms with van der Waals surface area (Å²) in [5.74, 6) is -1.23. The van der Waals surface area contributed by atoms with Gasteiger partial charge in [-0.05, 0) is 36.8 Å². The van der Waals surface area contributed by atoms with Crippen molar-refractivity contribution >= 4 is 11.8 Å². The van der Waals surface area contributed by atoms with E-state index in [0.29, 0.717) is 15.4 Å². The van der Waals surface area contributed by atoms with Gasteiger partial charge >= 0.3 is 0 Å². The van der Waals surface area contributed by atoms with Gasteiger partial charge in [0.2, 0.25) is 0 Å². The minimum Gasteiger partial charge on any atom is -0.207 e. The predicted molar refractivity (Wildman–Crippen MR) is 66.4 cm³/mol. The van der Waals surface area contributed by atoms with E-state index in [2.05, 4.69) is 6.07 Å². The molecule has 0 aliphatic heterocycles. The SMILES string of the molecule is Cc1ccc(C#N)c(Sc2ccc(F)cc2F)c1. The van der Waals surface area contributed by atoms with Gasteiger partial charge in [0.1, 0.15) is 17.7 Å². The molecule has 0 radical (unpaired) electrons. The minimum absolute atomic E-state index is 0.304. The Balaban J connectivity index is 2.40. The number of aryl methyl sites for hydroxylation is 1. The van der Waals surface area contributed by atoms with Crippen LogP contribution in [0, 0.1) is 29.9 Å². The van der Waals surface area contributed by atoms with Crippen molar-refractivity contribution in [1.29, 1.82) is 5.26 Å². The van der Waals surface area contributed by atoms with Gasteiger partial charge in [0.05, 0.1) is 5.56 Å². The van der Waals surface area contributed by atoms with Crippen LogP contribution in [0.2, 0.25) is 0 Å². The van der Waals surface area contributed by atoms with Crippen molar-refractivity contribution < 1.29 is 8.78 Å². The molecule has 0 unspecified atom stereocenters. The van der Waals surface area contributed by atoms with Crippen molar-refractivity contribution in [3.63, 3.8) is 0 Å². The van der Waals surface area contributed by atoms with Crippen LogP contribution >= 0.6 is 11.8 Å². The molecule has 0 aliphatic rings. The fraction of sp³-hybridized carbons (Fsp3) is 0.0714. The molecule has 0 fully saturated rings. The summed E-state index contributed by atoms with van der Waals surface area (Å²) in [6.07, 6.45) is 0. The second-order valence-electron chi connectivity index (χ2n) is 3.79. The van der Waals surface area contributed by atoms with Crippen molar-refractivity contribution in [2.75, 3.05) is 0 Å². The highest BCUT2D eigenvalue weighted by molar-refractivity contribution is 7.99. The molecular weight excluding hydrogens is 252 g/mol. The zero-order valence-electron chi connectivity index (χ0n) is 9.58. The molecule has 2 aromatic carbocycles. The first-order valence-electron chi connectivity index (χ1n) is 5.24. The monoisotopic (exact) mass is 261 g/mol. The molecule has 18 heavy (non-hydrogen) atoms. The van der Waals surface area contributed by atoms with Gasteiger partial charge in [0, 0.05) is 15.9 Å². The van der Waals surface area contributed by atoms with Gasteiger partial charge in [-0.3, -0.25) is 0 Å². The summed E-state index contributed by atoms with van der Waals surface area (Å²) in [4.78, 5) is 0.974. The fourth-order valence-electron chi connectivity index (χ4n) is 1.48. The summed E-state index contributed by atoms with van der Waals surface area (Å²) >= 11 is 1.12. The lowest BCUT2D eigenvalue weighted by molar-refractivity contribution is 0.565. The molecule has 0 aliphatic carbocycles. The summed E-state index contributed by atoms with van der Waals surface area (Å²) in [5, 5.41) is 8.98. The van der Waals surface area contributed by atoms with E-state index < -0.39 is 11.6 Å². The standard InChI is InChI=1S/C14H9F2NS/c1-9-2-3-10(8-17)14(6-9)18-13-5-4-11(15)7-12(13)16/h2-7H,1H3. The van der Waals surface area contributed by atoms with E-state index in [1.807, 2.05) is 19.1 Å². The first-order valence-corrected chi connectivity index (χ1v) is 6.05. The second-order valence-corrected chi connectivity index (χ2v) is 4.87. The molecule has 2 rings (SSSR count). The van der Waals surface area contributed by atoms with E-state index in [4.69, 9.17) is 5.26 Å². The molecule has 0 bridgehead atoms. The Bertz CT molecular complexity index is 632. The largest absolute Gasteiger partial charge is 0.207 e. The first-order chi connectivity index (χ1) is 8.60. The maximum Gasteiger partial charge on any atom is 0.140 e. The van der Waals surface area contributed by atoms with Gasteiger partial charge in [0.15, 0.2) is 0 Å². The molecule has 2 aromatic rings. The Morgan fingerprint density at radius 3 is 2.50 bits per heavy atom. The Morgan fingerprint density at radius 2 is 1.83 bits per heavy atom. The number of nitrogens with zero attached hydrogens (tertiary/aromatic N) is 1. The normalized spacial score (nSPS) is 10.1. The summed E-state index contributed by atoms with van der Waals surface area (Å²) in [7, 11) is 0. The maximum absolute atomic E-state index is 13.5. The van der Waals surface area contributed by atoms with Crippen molar-refractivity contribution in [3.05, 3.63) is 59.2 Å². The van der Waals surface area contributed by atoms with E-state index in [-0.39, 0.29) is 0 Å². The van der Waals surface area contributed by atoms with Crippen molar-refractivity contribution in [2.24, 2.45) is 0 Å². The van der Waals surface area contributed by atoms with Crippen LogP contribution in [0.1, 0.15) is 11.1 Å². The summed E-state index contributed by atoms with van der Waals surface area (Å²) < 4.78 is 26.3. The smallest absolute Gasteiger partial charge is 0.140 e. The van der Waals surface area contributed by atoms with E-state index in [9.17, 15) is 8.78 Å². The van der Waals surface area contributed by atoms with E-state index in [0.717, 1.165) is 23.4 Å². The average molecular weight is 261 g/mol. The van der Waals surface area contributed by atoms with Gasteiger partial charge in [-0.2, -0.15) is 5.26 Å².